The average molecular weight is 392 g/mol. The molecule has 142 valence electrons. The number of phenolic OH excluding ortho intramolecular Hbond substituents is 1. The molecule has 2 aromatic rings. The van der Waals surface area contributed by atoms with Crippen molar-refractivity contribution >= 4 is 29.1 Å². The highest BCUT2D eigenvalue weighted by Crippen LogP contribution is 2.23. The lowest BCUT2D eigenvalue weighted by Crippen LogP contribution is -2.50. The minimum atomic E-state index is -0.362. The Labute approximate surface area is 161 Å². The molecule has 1 fully saturated rings. The fourth-order valence-electron chi connectivity index (χ4n) is 2.90. The van der Waals surface area contributed by atoms with Crippen molar-refractivity contribution in [3.05, 3.63) is 58.9 Å². The van der Waals surface area contributed by atoms with Crippen LogP contribution < -0.4 is 5.32 Å². The van der Waals surface area contributed by atoms with Gasteiger partial charge < -0.3 is 15.3 Å². The van der Waals surface area contributed by atoms with E-state index in [0.29, 0.717) is 36.9 Å². The predicted octanol–water partition coefficient (Wildman–Crippen LogP) is 2.58. The van der Waals surface area contributed by atoms with Crippen LogP contribution in [0.2, 0.25) is 5.02 Å². The van der Waals surface area contributed by atoms with Gasteiger partial charge in [-0.25, -0.2) is 4.39 Å². The molecule has 2 N–H and O–H groups in total. The molecule has 1 heterocycles. The first kappa shape index (κ1) is 19.1. The average Bonchev–Trinajstić information content (AvgIpc) is 2.65. The van der Waals surface area contributed by atoms with E-state index < -0.39 is 0 Å². The number of aromatic hydroxyl groups is 1. The van der Waals surface area contributed by atoms with Gasteiger partial charge >= 0.3 is 0 Å². The standard InChI is InChI=1S/C19H19ClFN3O3/c20-13-1-6-17(25)16(11-13)19(27)24-9-7-23(8-10-24)12-18(26)22-15-4-2-14(21)3-5-15/h1-6,11,25H,7-10,12H2,(H,22,26). The second-order valence-electron chi connectivity index (χ2n) is 6.28. The van der Waals surface area contributed by atoms with Crippen molar-refractivity contribution in [3.63, 3.8) is 0 Å². The number of hydrogen-bond acceptors (Lipinski definition) is 4. The molecule has 8 heteroatoms. The highest BCUT2D eigenvalue weighted by molar-refractivity contribution is 6.31. The number of halogens is 2. The summed E-state index contributed by atoms with van der Waals surface area (Å²) < 4.78 is 12.9. The molecule has 0 aromatic heterocycles. The van der Waals surface area contributed by atoms with E-state index in [4.69, 9.17) is 11.6 Å². The molecule has 0 radical (unpaired) electrons. The Balaban J connectivity index is 1.51. The smallest absolute Gasteiger partial charge is 0.257 e. The summed E-state index contributed by atoms with van der Waals surface area (Å²) in [5.41, 5.74) is 0.705. The number of nitrogens with one attached hydrogen (secondary N) is 1. The number of piperazine rings is 1. The van der Waals surface area contributed by atoms with Gasteiger partial charge in [-0.15, -0.1) is 0 Å². The molecule has 1 saturated heterocycles. The van der Waals surface area contributed by atoms with Crippen LogP contribution in [0.5, 0.6) is 5.75 Å². The number of benzene rings is 2. The largest absolute Gasteiger partial charge is 0.507 e. The Bertz CT molecular complexity index is 837. The summed E-state index contributed by atoms with van der Waals surface area (Å²) in [6.45, 7) is 2.12. The maximum absolute atomic E-state index is 12.9. The summed E-state index contributed by atoms with van der Waals surface area (Å²) in [5.74, 6) is -0.954. The number of amides is 2. The number of anilines is 1. The van der Waals surface area contributed by atoms with Gasteiger partial charge in [0.1, 0.15) is 11.6 Å². The monoisotopic (exact) mass is 391 g/mol. The van der Waals surface area contributed by atoms with Crippen LogP contribution in [0.15, 0.2) is 42.5 Å². The van der Waals surface area contributed by atoms with Crippen molar-refractivity contribution in [1.29, 1.82) is 0 Å². The summed E-state index contributed by atoms with van der Waals surface area (Å²) in [4.78, 5) is 28.2. The zero-order chi connectivity index (χ0) is 19.4. The van der Waals surface area contributed by atoms with Crippen LogP contribution in [0.25, 0.3) is 0 Å². The molecule has 2 amide bonds. The molecule has 0 unspecified atom stereocenters. The van der Waals surface area contributed by atoms with Gasteiger partial charge in [-0.3, -0.25) is 14.5 Å². The molecule has 0 saturated carbocycles. The second kappa shape index (κ2) is 8.37. The van der Waals surface area contributed by atoms with Gasteiger partial charge in [-0.1, -0.05) is 11.6 Å². The van der Waals surface area contributed by atoms with Crippen LogP contribution in [0.1, 0.15) is 10.4 Å². The van der Waals surface area contributed by atoms with Crippen molar-refractivity contribution < 1.29 is 19.1 Å². The van der Waals surface area contributed by atoms with Gasteiger partial charge in [0.05, 0.1) is 12.1 Å². The summed E-state index contributed by atoms with van der Waals surface area (Å²) in [5, 5.41) is 13.0. The number of carbonyl (C=O) groups is 2. The third-order valence-corrected chi connectivity index (χ3v) is 4.58. The lowest BCUT2D eigenvalue weighted by Gasteiger charge is -2.34. The molecule has 0 bridgehead atoms. The third-order valence-electron chi connectivity index (χ3n) is 4.34. The fraction of sp³-hybridized carbons (Fsp3) is 0.263. The molecule has 1 aliphatic heterocycles. The van der Waals surface area contributed by atoms with Crippen molar-refractivity contribution in [2.24, 2.45) is 0 Å². The molecule has 3 rings (SSSR count). The van der Waals surface area contributed by atoms with Gasteiger partial charge in [-0.05, 0) is 42.5 Å². The van der Waals surface area contributed by atoms with Gasteiger partial charge in [0, 0.05) is 36.9 Å². The van der Waals surface area contributed by atoms with E-state index in [9.17, 15) is 19.1 Å². The first-order valence-corrected chi connectivity index (χ1v) is 8.86. The van der Waals surface area contributed by atoms with E-state index in [0.717, 1.165) is 0 Å². The van der Waals surface area contributed by atoms with E-state index in [1.54, 1.807) is 4.90 Å². The summed E-state index contributed by atoms with van der Waals surface area (Å²) in [6, 6.07) is 9.93. The third kappa shape index (κ3) is 4.96. The molecule has 0 aliphatic carbocycles. The van der Waals surface area contributed by atoms with Crippen LogP contribution >= 0.6 is 11.6 Å². The predicted molar refractivity (Wildman–Crippen MR) is 100 cm³/mol. The highest BCUT2D eigenvalue weighted by atomic mass is 35.5. The lowest BCUT2D eigenvalue weighted by atomic mass is 10.1. The van der Waals surface area contributed by atoms with Gasteiger partial charge in [0.25, 0.3) is 5.91 Å². The Kier molecular flexibility index (Phi) is 5.93. The summed E-state index contributed by atoms with van der Waals surface area (Å²) in [6.07, 6.45) is 0. The van der Waals surface area contributed by atoms with Gasteiger partial charge in [-0.2, -0.15) is 0 Å². The number of nitrogens with zero attached hydrogens (tertiary/aromatic N) is 2. The molecule has 27 heavy (non-hydrogen) atoms. The molecule has 6 nitrogen and oxygen atoms in total. The maximum atomic E-state index is 12.9. The minimum absolute atomic E-state index is 0.106. The second-order valence-corrected chi connectivity index (χ2v) is 6.72. The van der Waals surface area contributed by atoms with Crippen molar-refractivity contribution in [2.75, 3.05) is 38.0 Å². The summed E-state index contributed by atoms with van der Waals surface area (Å²) in [7, 11) is 0. The summed E-state index contributed by atoms with van der Waals surface area (Å²) >= 11 is 5.90. The fourth-order valence-corrected chi connectivity index (χ4v) is 3.07. The first-order valence-electron chi connectivity index (χ1n) is 8.48. The SMILES string of the molecule is O=C(CN1CCN(C(=O)c2cc(Cl)ccc2O)CC1)Nc1ccc(F)cc1. The van der Waals surface area contributed by atoms with Crippen LogP contribution in [0.3, 0.4) is 0 Å². The van der Waals surface area contributed by atoms with E-state index in [2.05, 4.69) is 5.32 Å². The molecule has 1 aliphatic rings. The molecular formula is C19H19ClFN3O3. The van der Waals surface area contributed by atoms with E-state index in [1.807, 2.05) is 4.90 Å². The normalized spacial score (nSPS) is 14.8. The highest BCUT2D eigenvalue weighted by Gasteiger charge is 2.25. The van der Waals surface area contributed by atoms with Crippen LogP contribution in [-0.4, -0.2) is 59.4 Å². The molecule has 0 atom stereocenters. The van der Waals surface area contributed by atoms with Gasteiger partial charge in [0.2, 0.25) is 5.91 Å². The van der Waals surface area contributed by atoms with E-state index >= 15 is 0 Å². The number of hydrogen-bond donors (Lipinski definition) is 2. The molecular weight excluding hydrogens is 373 g/mol. The zero-order valence-electron chi connectivity index (χ0n) is 14.5. The van der Waals surface area contributed by atoms with Crippen molar-refractivity contribution in [1.82, 2.24) is 9.80 Å². The maximum Gasteiger partial charge on any atom is 0.257 e. The van der Waals surface area contributed by atoms with Crippen LogP contribution in [0, 0.1) is 5.82 Å². The lowest BCUT2D eigenvalue weighted by molar-refractivity contribution is -0.117. The Hall–Kier alpha value is -2.64. The Morgan fingerprint density at radius 3 is 2.41 bits per heavy atom. The quantitative estimate of drug-likeness (QED) is 0.840. The Morgan fingerprint density at radius 2 is 1.74 bits per heavy atom. The first-order chi connectivity index (χ1) is 12.9. The Morgan fingerprint density at radius 1 is 1.07 bits per heavy atom. The van der Waals surface area contributed by atoms with Crippen molar-refractivity contribution in [2.45, 2.75) is 0 Å². The van der Waals surface area contributed by atoms with Crippen molar-refractivity contribution in [3.8, 4) is 5.75 Å². The molecule has 2 aromatic carbocycles. The number of carbonyl (C=O) groups excluding carboxylic acids is 2. The zero-order valence-corrected chi connectivity index (χ0v) is 15.2. The topological polar surface area (TPSA) is 72.9 Å². The van der Waals surface area contributed by atoms with E-state index in [1.165, 1.54) is 42.5 Å². The molecule has 0 spiro atoms. The van der Waals surface area contributed by atoms with Crippen LogP contribution in [-0.2, 0) is 4.79 Å². The van der Waals surface area contributed by atoms with Gasteiger partial charge in [0.15, 0.2) is 0 Å². The van der Waals surface area contributed by atoms with E-state index in [-0.39, 0.29) is 35.5 Å². The number of phenols is 1. The van der Waals surface area contributed by atoms with Crippen LogP contribution in [0.4, 0.5) is 10.1 Å². The minimum Gasteiger partial charge on any atom is -0.507 e. The number of rotatable bonds is 4.